The monoisotopic (exact) mass is 236 g/mol. The van der Waals surface area contributed by atoms with E-state index in [0.717, 1.165) is 23.3 Å². The van der Waals surface area contributed by atoms with Crippen LogP contribution in [0.5, 0.6) is 5.75 Å². The molecule has 3 nitrogen and oxygen atoms in total. The number of ether oxygens (including phenoxy) is 1. The van der Waals surface area contributed by atoms with Crippen molar-refractivity contribution in [3.05, 3.63) is 29.3 Å². The minimum Gasteiger partial charge on any atom is -0.496 e. The lowest BCUT2D eigenvalue weighted by Gasteiger charge is -2.26. The van der Waals surface area contributed by atoms with Gasteiger partial charge in [-0.2, -0.15) is 0 Å². The first-order chi connectivity index (χ1) is 7.89. The molecule has 1 aromatic carbocycles. The molecule has 1 aromatic rings. The van der Waals surface area contributed by atoms with Gasteiger partial charge in [-0.3, -0.25) is 0 Å². The quantitative estimate of drug-likeness (QED) is 0.825. The van der Waals surface area contributed by atoms with Gasteiger partial charge in [-0.1, -0.05) is 26.0 Å². The van der Waals surface area contributed by atoms with E-state index in [-0.39, 0.29) is 11.5 Å². The predicted octanol–water partition coefficient (Wildman–Crippen LogP) is 2.38. The summed E-state index contributed by atoms with van der Waals surface area (Å²) in [6, 6.07) is 6.12. The van der Waals surface area contributed by atoms with E-state index in [1.807, 2.05) is 19.1 Å². The van der Waals surface area contributed by atoms with Crippen LogP contribution in [0.1, 0.15) is 37.4 Å². The summed E-state index contributed by atoms with van der Waals surface area (Å²) in [7, 11) is 1.68. The summed E-state index contributed by atoms with van der Waals surface area (Å²) in [5, 5.41) is 0. The van der Waals surface area contributed by atoms with E-state index in [1.165, 1.54) is 0 Å². The Balaban J connectivity index is 2.83. The maximum atomic E-state index is 6.22. The SMILES string of the molecule is COc1ccc(C(N)CC(C)(C)CN)cc1C. The lowest BCUT2D eigenvalue weighted by molar-refractivity contribution is 0.317. The van der Waals surface area contributed by atoms with E-state index >= 15 is 0 Å². The van der Waals surface area contributed by atoms with Crippen molar-refractivity contribution >= 4 is 0 Å². The molecule has 1 rings (SSSR count). The zero-order chi connectivity index (χ0) is 13.1. The Labute approximate surface area is 104 Å². The van der Waals surface area contributed by atoms with Crippen molar-refractivity contribution in [1.82, 2.24) is 0 Å². The molecule has 0 aliphatic carbocycles. The van der Waals surface area contributed by atoms with Gasteiger partial charge in [0.2, 0.25) is 0 Å². The van der Waals surface area contributed by atoms with Crippen LogP contribution >= 0.6 is 0 Å². The number of hydrogen-bond acceptors (Lipinski definition) is 3. The summed E-state index contributed by atoms with van der Waals surface area (Å²) in [6.45, 7) is 6.96. The number of hydrogen-bond donors (Lipinski definition) is 2. The van der Waals surface area contributed by atoms with Gasteiger partial charge in [0.05, 0.1) is 7.11 Å². The molecule has 0 aliphatic rings. The largest absolute Gasteiger partial charge is 0.496 e. The molecule has 0 bridgehead atoms. The van der Waals surface area contributed by atoms with Crippen LogP contribution in [0.3, 0.4) is 0 Å². The van der Waals surface area contributed by atoms with Crippen molar-refractivity contribution < 1.29 is 4.74 Å². The topological polar surface area (TPSA) is 61.3 Å². The summed E-state index contributed by atoms with van der Waals surface area (Å²) >= 11 is 0. The molecule has 3 heteroatoms. The fraction of sp³-hybridized carbons (Fsp3) is 0.571. The molecule has 0 radical (unpaired) electrons. The van der Waals surface area contributed by atoms with Gasteiger partial charge >= 0.3 is 0 Å². The average Bonchev–Trinajstić information content (AvgIpc) is 2.28. The van der Waals surface area contributed by atoms with Crippen molar-refractivity contribution in [3.8, 4) is 5.75 Å². The molecular weight excluding hydrogens is 212 g/mol. The molecule has 0 amide bonds. The maximum Gasteiger partial charge on any atom is 0.121 e. The third-order valence-electron chi connectivity index (χ3n) is 3.17. The third-order valence-corrected chi connectivity index (χ3v) is 3.17. The third kappa shape index (κ3) is 3.72. The van der Waals surface area contributed by atoms with Gasteiger partial charge in [0.15, 0.2) is 0 Å². The van der Waals surface area contributed by atoms with Gasteiger partial charge in [0, 0.05) is 6.04 Å². The standard InChI is InChI=1S/C14H24N2O/c1-10-7-11(5-6-13(10)17-4)12(16)8-14(2,3)9-15/h5-7,12H,8-9,15-16H2,1-4H3. The fourth-order valence-corrected chi connectivity index (χ4v) is 1.93. The highest BCUT2D eigenvalue weighted by molar-refractivity contribution is 5.37. The first kappa shape index (κ1) is 14.0. The molecule has 1 unspecified atom stereocenters. The average molecular weight is 236 g/mol. The highest BCUT2D eigenvalue weighted by Crippen LogP contribution is 2.29. The Morgan fingerprint density at radius 1 is 1.35 bits per heavy atom. The van der Waals surface area contributed by atoms with Gasteiger partial charge in [0.1, 0.15) is 5.75 Å². The van der Waals surface area contributed by atoms with Gasteiger partial charge in [-0.05, 0) is 42.5 Å². The lowest BCUT2D eigenvalue weighted by Crippen LogP contribution is -2.28. The molecule has 0 aromatic heterocycles. The zero-order valence-corrected chi connectivity index (χ0v) is 11.3. The molecule has 0 heterocycles. The number of nitrogens with two attached hydrogens (primary N) is 2. The number of benzene rings is 1. The second kappa shape index (κ2) is 5.52. The maximum absolute atomic E-state index is 6.22. The van der Waals surface area contributed by atoms with Crippen molar-refractivity contribution in [2.24, 2.45) is 16.9 Å². The van der Waals surface area contributed by atoms with Gasteiger partial charge in [-0.25, -0.2) is 0 Å². The van der Waals surface area contributed by atoms with Crippen LogP contribution in [0.4, 0.5) is 0 Å². The molecule has 0 saturated heterocycles. The van der Waals surface area contributed by atoms with Crippen LogP contribution in [0.2, 0.25) is 0 Å². The van der Waals surface area contributed by atoms with Crippen molar-refractivity contribution in [3.63, 3.8) is 0 Å². The number of rotatable bonds is 5. The summed E-state index contributed by atoms with van der Waals surface area (Å²) in [5.74, 6) is 0.902. The molecule has 96 valence electrons. The van der Waals surface area contributed by atoms with Crippen molar-refractivity contribution in [2.75, 3.05) is 13.7 Å². The Morgan fingerprint density at radius 2 is 2.00 bits per heavy atom. The van der Waals surface area contributed by atoms with Crippen LogP contribution < -0.4 is 16.2 Å². The molecule has 0 aliphatic heterocycles. The summed E-state index contributed by atoms with van der Waals surface area (Å²) in [6.07, 6.45) is 0.884. The Bertz CT molecular complexity index is 374. The second-order valence-electron chi connectivity index (χ2n) is 5.41. The lowest BCUT2D eigenvalue weighted by atomic mass is 9.84. The van der Waals surface area contributed by atoms with Gasteiger partial charge < -0.3 is 16.2 Å². The van der Waals surface area contributed by atoms with E-state index in [4.69, 9.17) is 16.2 Å². The van der Waals surface area contributed by atoms with E-state index in [9.17, 15) is 0 Å². The number of methoxy groups -OCH3 is 1. The van der Waals surface area contributed by atoms with E-state index < -0.39 is 0 Å². The molecule has 4 N–H and O–H groups in total. The molecule has 1 atom stereocenters. The van der Waals surface area contributed by atoms with Gasteiger partial charge in [0.25, 0.3) is 0 Å². The highest BCUT2D eigenvalue weighted by Gasteiger charge is 2.20. The fourth-order valence-electron chi connectivity index (χ4n) is 1.93. The van der Waals surface area contributed by atoms with E-state index in [0.29, 0.717) is 6.54 Å². The van der Waals surface area contributed by atoms with E-state index in [1.54, 1.807) is 7.11 Å². The first-order valence-corrected chi connectivity index (χ1v) is 6.00. The normalized spacial score (nSPS) is 13.5. The van der Waals surface area contributed by atoms with Gasteiger partial charge in [-0.15, -0.1) is 0 Å². The first-order valence-electron chi connectivity index (χ1n) is 6.00. The molecule has 0 saturated carbocycles. The minimum atomic E-state index is 0.0261. The summed E-state index contributed by atoms with van der Waals surface area (Å²) < 4.78 is 5.24. The predicted molar refractivity (Wildman–Crippen MR) is 72.1 cm³/mol. The zero-order valence-electron chi connectivity index (χ0n) is 11.3. The Kier molecular flexibility index (Phi) is 4.54. The highest BCUT2D eigenvalue weighted by atomic mass is 16.5. The Morgan fingerprint density at radius 3 is 2.47 bits per heavy atom. The molecule has 0 spiro atoms. The van der Waals surface area contributed by atoms with E-state index in [2.05, 4.69) is 19.9 Å². The molecular formula is C14H24N2O. The summed E-state index contributed by atoms with van der Waals surface area (Å²) in [5.41, 5.74) is 14.3. The van der Waals surface area contributed by atoms with Crippen LogP contribution in [-0.2, 0) is 0 Å². The smallest absolute Gasteiger partial charge is 0.121 e. The Hall–Kier alpha value is -1.06. The second-order valence-corrected chi connectivity index (χ2v) is 5.41. The van der Waals surface area contributed by atoms with Crippen LogP contribution in [0, 0.1) is 12.3 Å². The number of aryl methyl sites for hydroxylation is 1. The van der Waals surface area contributed by atoms with Crippen LogP contribution in [-0.4, -0.2) is 13.7 Å². The van der Waals surface area contributed by atoms with Crippen LogP contribution in [0.25, 0.3) is 0 Å². The van der Waals surface area contributed by atoms with Crippen LogP contribution in [0.15, 0.2) is 18.2 Å². The minimum absolute atomic E-state index is 0.0261. The van der Waals surface area contributed by atoms with Crippen molar-refractivity contribution in [2.45, 2.75) is 33.2 Å². The molecule has 0 fully saturated rings. The summed E-state index contributed by atoms with van der Waals surface area (Å²) in [4.78, 5) is 0. The molecule has 17 heavy (non-hydrogen) atoms. The van der Waals surface area contributed by atoms with Crippen molar-refractivity contribution in [1.29, 1.82) is 0 Å².